The van der Waals surface area contributed by atoms with Crippen molar-refractivity contribution in [3.05, 3.63) is 23.8 Å². The third-order valence-corrected chi connectivity index (χ3v) is 4.51. The molecule has 0 atom stereocenters. The summed E-state index contributed by atoms with van der Waals surface area (Å²) in [4.78, 5) is 12.2. The van der Waals surface area contributed by atoms with E-state index in [-0.39, 0.29) is 21.8 Å². The molecule has 0 heterocycles. The average molecular weight is 312 g/mol. The number of rotatable bonds is 6. The van der Waals surface area contributed by atoms with Crippen LogP contribution in [0.2, 0.25) is 0 Å². The summed E-state index contributed by atoms with van der Waals surface area (Å²) in [5.41, 5.74) is 0.353. The van der Waals surface area contributed by atoms with E-state index in [0.29, 0.717) is 18.9 Å². The van der Waals surface area contributed by atoms with Crippen molar-refractivity contribution in [2.45, 2.75) is 31.6 Å². The Kier molecular flexibility index (Phi) is 4.25. The van der Waals surface area contributed by atoms with E-state index in [1.165, 1.54) is 18.2 Å². The molecule has 6 nitrogen and oxygen atoms in total. The molecule has 3 N–H and O–H groups in total. The van der Waals surface area contributed by atoms with Crippen molar-refractivity contribution in [2.24, 2.45) is 10.6 Å². The molecule has 116 valence electrons. The summed E-state index contributed by atoms with van der Waals surface area (Å²) in [7, 11) is -3.86. The van der Waals surface area contributed by atoms with Gasteiger partial charge >= 0.3 is 0 Å². The van der Waals surface area contributed by atoms with Crippen LogP contribution >= 0.6 is 0 Å². The number of benzene rings is 1. The highest BCUT2D eigenvalue weighted by molar-refractivity contribution is 7.89. The van der Waals surface area contributed by atoms with Gasteiger partial charge in [0.1, 0.15) is 5.75 Å². The summed E-state index contributed by atoms with van der Waals surface area (Å²) in [6.45, 7) is 4.84. The highest BCUT2D eigenvalue weighted by Gasteiger charge is 2.37. The minimum Gasteiger partial charge on any atom is -0.493 e. The molecule has 1 fully saturated rings. The Morgan fingerprint density at radius 1 is 1.43 bits per heavy atom. The summed E-state index contributed by atoms with van der Waals surface area (Å²) in [5.74, 6) is 0.000394. The van der Waals surface area contributed by atoms with Crippen LogP contribution in [0.5, 0.6) is 5.75 Å². The summed E-state index contributed by atoms with van der Waals surface area (Å²) >= 11 is 0. The predicted octanol–water partition coefficient (Wildman–Crippen LogP) is 1.26. The number of hydrogen-bond donors (Lipinski definition) is 2. The number of ether oxygens (including phenoxy) is 1. The Hall–Kier alpha value is -1.60. The molecule has 1 saturated carbocycles. The molecule has 21 heavy (non-hydrogen) atoms. The molecule has 0 bridgehead atoms. The van der Waals surface area contributed by atoms with Crippen molar-refractivity contribution < 1.29 is 17.9 Å². The molecule has 1 amide bonds. The smallest absolute Gasteiger partial charge is 0.255 e. The fourth-order valence-corrected chi connectivity index (χ4v) is 2.46. The van der Waals surface area contributed by atoms with Gasteiger partial charge in [-0.2, -0.15) is 0 Å². The van der Waals surface area contributed by atoms with Crippen molar-refractivity contribution in [2.75, 3.05) is 13.2 Å². The van der Waals surface area contributed by atoms with Gasteiger partial charge in [-0.3, -0.25) is 4.79 Å². The van der Waals surface area contributed by atoms with E-state index in [9.17, 15) is 13.2 Å². The minimum atomic E-state index is -3.86. The van der Waals surface area contributed by atoms with Gasteiger partial charge in [0, 0.05) is 6.54 Å². The number of hydrogen-bond acceptors (Lipinski definition) is 4. The number of primary sulfonamides is 1. The molecule has 0 aromatic heterocycles. The molecule has 1 aliphatic rings. The van der Waals surface area contributed by atoms with Gasteiger partial charge in [0.25, 0.3) is 5.91 Å². The monoisotopic (exact) mass is 312 g/mol. The fourth-order valence-electron chi connectivity index (χ4n) is 1.92. The van der Waals surface area contributed by atoms with Crippen LogP contribution in [-0.4, -0.2) is 27.5 Å². The van der Waals surface area contributed by atoms with E-state index >= 15 is 0 Å². The van der Waals surface area contributed by atoms with Crippen LogP contribution < -0.4 is 15.2 Å². The van der Waals surface area contributed by atoms with Crippen LogP contribution in [-0.2, 0) is 10.0 Å². The maximum absolute atomic E-state index is 12.3. The van der Waals surface area contributed by atoms with Crippen molar-refractivity contribution >= 4 is 15.9 Å². The predicted molar refractivity (Wildman–Crippen MR) is 78.7 cm³/mol. The molecule has 1 aromatic carbocycles. The number of nitrogens with two attached hydrogens (primary N) is 1. The Morgan fingerprint density at radius 3 is 2.62 bits per heavy atom. The first-order chi connectivity index (χ1) is 9.75. The molecule has 0 saturated heterocycles. The highest BCUT2D eigenvalue weighted by Crippen LogP contribution is 2.44. The molecule has 1 aromatic rings. The zero-order valence-corrected chi connectivity index (χ0v) is 13.0. The zero-order valence-electron chi connectivity index (χ0n) is 12.2. The van der Waals surface area contributed by atoms with Crippen molar-refractivity contribution in [3.63, 3.8) is 0 Å². The molecule has 0 aliphatic heterocycles. The zero-order chi connectivity index (χ0) is 15.7. The highest BCUT2D eigenvalue weighted by atomic mass is 32.2. The van der Waals surface area contributed by atoms with E-state index < -0.39 is 10.0 Å². The van der Waals surface area contributed by atoms with E-state index in [2.05, 4.69) is 12.2 Å². The first kappa shape index (κ1) is 15.8. The van der Waals surface area contributed by atoms with Gasteiger partial charge in [-0.15, -0.1) is 0 Å². The summed E-state index contributed by atoms with van der Waals surface area (Å²) in [6.07, 6.45) is 2.17. The van der Waals surface area contributed by atoms with E-state index in [1.807, 2.05) is 0 Å². The maximum atomic E-state index is 12.3. The van der Waals surface area contributed by atoms with Crippen molar-refractivity contribution in [1.82, 2.24) is 5.32 Å². The second-order valence-corrected chi connectivity index (χ2v) is 7.19. The Balaban J connectivity index is 2.26. The second-order valence-electron chi connectivity index (χ2n) is 5.63. The van der Waals surface area contributed by atoms with Crippen LogP contribution in [0.25, 0.3) is 0 Å². The largest absolute Gasteiger partial charge is 0.493 e. The lowest BCUT2D eigenvalue weighted by Gasteiger charge is -2.14. The van der Waals surface area contributed by atoms with Crippen LogP contribution in [0, 0.1) is 5.41 Å². The Bertz CT molecular complexity index is 651. The third-order valence-electron chi connectivity index (χ3n) is 3.60. The lowest BCUT2D eigenvalue weighted by Crippen LogP contribution is -2.29. The molecular weight excluding hydrogens is 292 g/mol. The second kappa shape index (κ2) is 5.65. The molecule has 0 radical (unpaired) electrons. The first-order valence-electron chi connectivity index (χ1n) is 6.83. The van der Waals surface area contributed by atoms with E-state index in [4.69, 9.17) is 9.88 Å². The molecule has 0 unspecified atom stereocenters. The average Bonchev–Trinajstić information content (AvgIpc) is 3.14. The fraction of sp³-hybridized carbons (Fsp3) is 0.500. The van der Waals surface area contributed by atoms with Gasteiger partial charge in [0.2, 0.25) is 10.0 Å². The van der Waals surface area contributed by atoms with Gasteiger partial charge in [-0.25, -0.2) is 13.6 Å². The van der Waals surface area contributed by atoms with Crippen LogP contribution in [0.15, 0.2) is 23.1 Å². The minimum absolute atomic E-state index is 0.103. The first-order valence-corrected chi connectivity index (χ1v) is 8.38. The standard InChI is InChI=1S/C14H20N2O4S/c1-3-20-12-5-4-10(21(15,18)19)8-11(12)13(17)16-9-14(2)6-7-14/h4-5,8H,3,6-7,9H2,1-2H3,(H,16,17)(H2,15,18,19). The topological polar surface area (TPSA) is 98.5 Å². The van der Waals surface area contributed by atoms with E-state index in [0.717, 1.165) is 12.8 Å². The van der Waals surface area contributed by atoms with Gasteiger partial charge in [0.05, 0.1) is 17.1 Å². The molecule has 2 rings (SSSR count). The van der Waals surface area contributed by atoms with Crippen LogP contribution in [0.4, 0.5) is 0 Å². The third kappa shape index (κ3) is 3.95. The molecular formula is C14H20N2O4S. The number of sulfonamides is 1. The molecule has 0 spiro atoms. The Labute approximate surface area is 124 Å². The molecule has 1 aliphatic carbocycles. The van der Waals surface area contributed by atoms with Gasteiger partial charge in [0.15, 0.2) is 0 Å². The van der Waals surface area contributed by atoms with Gasteiger partial charge in [-0.1, -0.05) is 6.92 Å². The van der Waals surface area contributed by atoms with E-state index in [1.54, 1.807) is 6.92 Å². The van der Waals surface area contributed by atoms with Gasteiger partial charge in [-0.05, 0) is 43.4 Å². The summed E-state index contributed by atoms with van der Waals surface area (Å²) in [5, 5.41) is 7.93. The number of nitrogens with one attached hydrogen (secondary N) is 1. The number of carbonyl (C=O) groups is 1. The van der Waals surface area contributed by atoms with Crippen molar-refractivity contribution in [1.29, 1.82) is 0 Å². The van der Waals surface area contributed by atoms with Crippen LogP contribution in [0.3, 0.4) is 0 Å². The molecule has 7 heteroatoms. The van der Waals surface area contributed by atoms with Crippen LogP contribution in [0.1, 0.15) is 37.0 Å². The van der Waals surface area contributed by atoms with Crippen molar-refractivity contribution in [3.8, 4) is 5.75 Å². The Morgan fingerprint density at radius 2 is 2.10 bits per heavy atom. The lowest BCUT2D eigenvalue weighted by molar-refractivity contribution is 0.0942. The SMILES string of the molecule is CCOc1ccc(S(N)(=O)=O)cc1C(=O)NCC1(C)CC1. The lowest BCUT2D eigenvalue weighted by atomic mass is 10.1. The number of carbonyl (C=O) groups excluding carboxylic acids is 1. The normalized spacial score (nSPS) is 16.3. The van der Waals surface area contributed by atoms with Gasteiger partial charge < -0.3 is 10.1 Å². The number of amides is 1. The maximum Gasteiger partial charge on any atom is 0.255 e. The quantitative estimate of drug-likeness (QED) is 0.826. The summed E-state index contributed by atoms with van der Waals surface area (Å²) in [6, 6.07) is 4.04. The summed E-state index contributed by atoms with van der Waals surface area (Å²) < 4.78 is 28.2.